The number of rotatable bonds is 4. The third-order valence-electron chi connectivity index (χ3n) is 4.41. The van der Waals surface area contributed by atoms with E-state index in [1.54, 1.807) is 7.11 Å². The summed E-state index contributed by atoms with van der Waals surface area (Å²) in [5, 5.41) is 0.911. The van der Waals surface area contributed by atoms with Gasteiger partial charge in [-0.15, -0.1) is 0 Å². The van der Waals surface area contributed by atoms with Crippen LogP contribution in [0.15, 0.2) is 24.4 Å². The first-order valence-corrected chi connectivity index (χ1v) is 7.45. The maximum absolute atomic E-state index is 13.0. The van der Waals surface area contributed by atoms with Crippen LogP contribution in [0.25, 0.3) is 10.9 Å². The Hall–Kier alpha value is -1.81. The van der Waals surface area contributed by atoms with Gasteiger partial charge in [0.15, 0.2) is 5.78 Å². The number of carbonyl (C=O) groups is 1. The van der Waals surface area contributed by atoms with E-state index in [0.717, 1.165) is 35.1 Å². The molecule has 0 spiro atoms. The number of fused-ring (bicyclic) bond motifs is 1. The third kappa shape index (κ3) is 2.23. The first-order valence-electron chi connectivity index (χ1n) is 7.45. The van der Waals surface area contributed by atoms with Crippen LogP contribution in [0.4, 0.5) is 0 Å². The Morgan fingerprint density at radius 2 is 2.29 bits per heavy atom. The minimum atomic E-state index is -0.0366. The summed E-state index contributed by atoms with van der Waals surface area (Å²) in [5.74, 6) is 0.892. The van der Waals surface area contributed by atoms with E-state index in [-0.39, 0.29) is 17.8 Å². The number of aromatic nitrogens is 1. The number of ketones is 1. The third-order valence-corrected chi connectivity index (χ3v) is 4.41. The fraction of sp³-hybridized carbons (Fsp3) is 0.471. The molecule has 0 bridgehead atoms. The van der Waals surface area contributed by atoms with E-state index in [2.05, 4.69) is 6.92 Å². The SMILES string of the molecule is CCC1OCCC1C(=O)c1cn(C)c2cccc(OC)c12. The number of nitrogens with zero attached hydrogens (tertiary/aromatic N) is 1. The molecule has 1 aliphatic heterocycles. The van der Waals surface area contributed by atoms with Crippen LogP contribution in [0.2, 0.25) is 0 Å². The van der Waals surface area contributed by atoms with Crippen molar-refractivity contribution >= 4 is 16.7 Å². The number of hydrogen-bond acceptors (Lipinski definition) is 3. The molecule has 21 heavy (non-hydrogen) atoms. The fourth-order valence-corrected chi connectivity index (χ4v) is 3.32. The van der Waals surface area contributed by atoms with Crippen LogP contribution < -0.4 is 4.74 Å². The summed E-state index contributed by atoms with van der Waals surface area (Å²) in [6.07, 6.45) is 3.64. The standard InChI is InChI=1S/C17H21NO3/c1-4-14-11(8-9-21-14)17(19)12-10-18(2)13-6-5-7-15(20-3)16(12)13/h5-7,10-11,14H,4,8-9H2,1-3H3. The highest BCUT2D eigenvalue weighted by Crippen LogP contribution is 2.34. The molecule has 2 unspecified atom stereocenters. The summed E-state index contributed by atoms with van der Waals surface area (Å²) in [4.78, 5) is 13.0. The Balaban J connectivity index is 2.10. The lowest BCUT2D eigenvalue weighted by Gasteiger charge is -2.15. The minimum absolute atomic E-state index is 0.0366. The average Bonchev–Trinajstić information content (AvgIpc) is 3.11. The van der Waals surface area contributed by atoms with Gasteiger partial charge in [-0.05, 0) is 25.0 Å². The molecule has 2 aromatic rings. The first-order chi connectivity index (χ1) is 10.2. The molecular formula is C17H21NO3. The summed E-state index contributed by atoms with van der Waals surface area (Å²) in [7, 11) is 3.60. The highest BCUT2D eigenvalue weighted by Gasteiger charge is 2.34. The second-order valence-corrected chi connectivity index (χ2v) is 5.58. The van der Waals surface area contributed by atoms with Crippen molar-refractivity contribution in [2.75, 3.05) is 13.7 Å². The number of carbonyl (C=O) groups excluding carboxylic acids is 1. The van der Waals surface area contributed by atoms with Crippen molar-refractivity contribution in [1.29, 1.82) is 0 Å². The lowest BCUT2D eigenvalue weighted by molar-refractivity contribution is 0.0690. The summed E-state index contributed by atoms with van der Waals surface area (Å²) in [6, 6.07) is 5.86. The van der Waals surface area contributed by atoms with Crippen molar-refractivity contribution in [2.24, 2.45) is 13.0 Å². The molecule has 0 radical (unpaired) electrons. The highest BCUT2D eigenvalue weighted by atomic mass is 16.5. The molecule has 2 heterocycles. The summed E-state index contributed by atoms with van der Waals surface area (Å²) >= 11 is 0. The first kappa shape index (κ1) is 14.1. The largest absolute Gasteiger partial charge is 0.496 e. The zero-order chi connectivity index (χ0) is 15.0. The van der Waals surface area contributed by atoms with Gasteiger partial charge in [-0.25, -0.2) is 0 Å². The lowest BCUT2D eigenvalue weighted by Crippen LogP contribution is -2.23. The van der Waals surface area contributed by atoms with E-state index in [0.29, 0.717) is 6.61 Å². The molecule has 1 fully saturated rings. The molecule has 3 rings (SSSR count). The van der Waals surface area contributed by atoms with Crippen molar-refractivity contribution < 1.29 is 14.3 Å². The molecule has 1 saturated heterocycles. The second kappa shape index (κ2) is 5.53. The molecule has 0 saturated carbocycles. The van der Waals surface area contributed by atoms with Crippen LogP contribution in [-0.4, -0.2) is 30.2 Å². The number of hydrogen-bond donors (Lipinski definition) is 0. The normalized spacial score (nSPS) is 21.9. The van der Waals surface area contributed by atoms with Crippen molar-refractivity contribution in [3.63, 3.8) is 0 Å². The number of benzene rings is 1. The Labute approximate surface area is 124 Å². The lowest BCUT2D eigenvalue weighted by atomic mass is 9.90. The highest BCUT2D eigenvalue weighted by molar-refractivity contribution is 6.11. The molecule has 1 aromatic heterocycles. The van der Waals surface area contributed by atoms with Gasteiger partial charge in [-0.2, -0.15) is 0 Å². The van der Waals surface area contributed by atoms with E-state index in [9.17, 15) is 4.79 Å². The Bertz CT molecular complexity index is 674. The van der Waals surface area contributed by atoms with E-state index >= 15 is 0 Å². The predicted molar refractivity (Wildman–Crippen MR) is 81.9 cm³/mol. The zero-order valence-electron chi connectivity index (χ0n) is 12.8. The maximum atomic E-state index is 13.0. The quantitative estimate of drug-likeness (QED) is 0.811. The topological polar surface area (TPSA) is 40.5 Å². The minimum Gasteiger partial charge on any atom is -0.496 e. The van der Waals surface area contributed by atoms with Gasteiger partial charge < -0.3 is 14.0 Å². The van der Waals surface area contributed by atoms with Crippen molar-refractivity contribution in [3.8, 4) is 5.75 Å². The van der Waals surface area contributed by atoms with Gasteiger partial charge in [0.25, 0.3) is 0 Å². The van der Waals surface area contributed by atoms with Gasteiger partial charge in [0.1, 0.15) is 5.75 Å². The monoisotopic (exact) mass is 287 g/mol. The van der Waals surface area contributed by atoms with Gasteiger partial charge in [0.05, 0.1) is 30.0 Å². The molecular weight excluding hydrogens is 266 g/mol. The van der Waals surface area contributed by atoms with E-state index < -0.39 is 0 Å². The smallest absolute Gasteiger partial charge is 0.170 e. The van der Waals surface area contributed by atoms with Crippen LogP contribution in [-0.2, 0) is 11.8 Å². The second-order valence-electron chi connectivity index (χ2n) is 5.58. The van der Waals surface area contributed by atoms with Gasteiger partial charge in [0.2, 0.25) is 0 Å². The van der Waals surface area contributed by atoms with Gasteiger partial charge in [0, 0.05) is 25.4 Å². The Morgan fingerprint density at radius 3 is 3.00 bits per heavy atom. The Kier molecular flexibility index (Phi) is 3.72. The summed E-state index contributed by atoms with van der Waals surface area (Å²) in [5.41, 5.74) is 1.77. The zero-order valence-corrected chi connectivity index (χ0v) is 12.8. The van der Waals surface area contributed by atoms with Crippen LogP contribution in [0.1, 0.15) is 30.1 Å². The van der Waals surface area contributed by atoms with Crippen molar-refractivity contribution in [3.05, 3.63) is 30.0 Å². The molecule has 112 valence electrons. The molecule has 1 aliphatic rings. The average molecular weight is 287 g/mol. The van der Waals surface area contributed by atoms with Crippen LogP contribution in [0, 0.1) is 5.92 Å². The van der Waals surface area contributed by atoms with E-state index in [1.807, 2.05) is 36.0 Å². The fourth-order valence-electron chi connectivity index (χ4n) is 3.32. The van der Waals surface area contributed by atoms with Gasteiger partial charge >= 0.3 is 0 Å². The van der Waals surface area contributed by atoms with Crippen LogP contribution in [0.5, 0.6) is 5.75 Å². The number of aryl methyl sites for hydroxylation is 1. The van der Waals surface area contributed by atoms with Crippen molar-refractivity contribution in [1.82, 2.24) is 4.57 Å². The summed E-state index contributed by atoms with van der Waals surface area (Å²) < 4.78 is 13.1. The molecule has 0 N–H and O–H groups in total. The molecule has 2 atom stereocenters. The Morgan fingerprint density at radius 1 is 1.48 bits per heavy atom. The predicted octanol–water partition coefficient (Wildman–Crippen LogP) is 3.18. The van der Waals surface area contributed by atoms with Gasteiger partial charge in [-0.1, -0.05) is 13.0 Å². The number of ether oxygens (including phenoxy) is 2. The van der Waals surface area contributed by atoms with Crippen LogP contribution >= 0.6 is 0 Å². The summed E-state index contributed by atoms with van der Waals surface area (Å²) in [6.45, 7) is 2.75. The molecule has 4 nitrogen and oxygen atoms in total. The maximum Gasteiger partial charge on any atom is 0.170 e. The molecule has 1 aromatic carbocycles. The molecule has 0 amide bonds. The molecule has 4 heteroatoms. The number of Topliss-reactive ketones (excluding diaryl/α,β-unsaturated/α-hetero) is 1. The van der Waals surface area contributed by atoms with Crippen LogP contribution in [0.3, 0.4) is 0 Å². The molecule has 0 aliphatic carbocycles. The van der Waals surface area contributed by atoms with Crippen molar-refractivity contribution in [2.45, 2.75) is 25.9 Å². The number of methoxy groups -OCH3 is 1. The van der Waals surface area contributed by atoms with E-state index in [4.69, 9.17) is 9.47 Å². The van der Waals surface area contributed by atoms with E-state index in [1.165, 1.54) is 0 Å². The van der Waals surface area contributed by atoms with Gasteiger partial charge in [-0.3, -0.25) is 4.79 Å².